The monoisotopic (exact) mass is 269 g/mol. The van der Waals surface area contributed by atoms with Crippen molar-refractivity contribution in [2.24, 2.45) is 0 Å². The van der Waals surface area contributed by atoms with Gasteiger partial charge in [0.15, 0.2) is 0 Å². The van der Waals surface area contributed by atoms with Gasteiger partial charge < -0.3 is 14.9 Å². The number of hydrogen-bond acceptors (Lipinski definition) is 4. The molecule has 104 valence electrons. The maximum absolute atomic E-state index is 12.8. The number of aliphatic carboxylic acids is 1. The summed E-state index contributed by atoms with van der Waals surface area (Å²) in [5, 5.41) is 18.9. The number of halogens is 1. The third-order valence-corrected chi connectivity index (χ3v) is 3.10. The highest BCUT2D eigenvalue weighted by molar-refractivity contribution is 5.69. The number of carboxylic acids is 1. The number of carbonyl (C=O) groups is 1. The second-order valence-electron chi connectivity index (χ2n) is 4.53. The van der Waals surface area contributed by atoms with Crippen LogP contribution in [0.25, 0.3) is 0 Å². The molecule has 1 heterocycles. The van der Waals surface area contributed by atoms with Crippen LogP contribution in [0.5, 0.6) is 0 Å². The largest absolute Gasteiger partial charge is 0.480 e. The number of nitrogens with zero attached hydrogens (tertiary/aromatic N) is 1. The number of ether oxygens (including phenoxy) is 1. The first kappa shape index (κ1) is 13.9. The first-order chi connectivity index (χ1) is 9.06. The van der Waals surface area contributed by atoms with Crippen LogP contribution in [0.3, 0.4) is 0 Å². The lowest BCUT2D eigenvalue weighted by Crippen LogP contribution is -2.46. The van der Waals surface area contributed by atoms with E-state index in [0.717, 1.165) is 0 Å². The quantitative estimate of drug-likeness (QED) is 0.839. The Kier molecular flexibility index (Phi) is 4.47. The molecule has 2 unspecified atom stereocenters. The molecule has 1 aromatic rings. The first-order valence-corrected chi connectivity index (χ1v) is 6.05. The maximum Gasteiger partial charge on any atom is 0.317 e. The van der Waals surface area contributed by atoms with Gasteiger partial charge in [0, 0.05) is 13.1 Å². The van der Waals surface area contributed by atoms with Crippen LogP contribution >= 0.6 is 0 Å². The van der Waals surface area contributed by atoms with Gasteiger partial charge in [0.2, 0.25) is 0 Å². The molecule has 0 radical (unpaired) electrons. The predicted octanol–water partition coefficient (Wildman–Crippen LogP) is 0.644. The van der Waals surface area contributed by atoms with E-state index < -0.39 is 18.2 Å². The van der Waals surface area contributed by atoms with E-state index in [2.05, 4.69) is 0 Å². The fourth-order valence-corrected chi connectivity index (χ4v) is 2.13. The van der Waals surface area contributed by atoms with Crippen LogP contribution in [0.2, 0.25) is 0 Å². The van der Waals surface area contributed by atoms with E-state index in [9.17, 15) is 14.3 Å². The summed E-state index contributed by atoms with van der Waals surface area (Å²) in [5.74, 6) is -1.27. The standard InChI is InChI=1S/C13H16FNO4/c14-10-3-1-9(2-4-10)13(18)11-7-15(5-6-19-11)8-12(16)17/h1-4,11,13,18H,5-8H2,(H,16,17). The maximum atomic E-state index is 12.8. The highest BCUT2D eigenvalue weighted by Gasteiger charge is 2.28. The van der Waals surface area contributed by atoms with Crippen molar-refractivity contribution in [3.05, 3.63) is 35.6 Å². The Bertz CT molecular complexity index is 437. The van der Waals surface area contributed by atoms with Crippen LogP contribution in [0.4, 0.5) is 4.39 Å². The van der Waals surface area contributed by atoms with Gasteiger partial charge in [-0.1, -0.05) is 12.1 Å². The fraction of sp³-hybridized carbons (Fsp3) is 0.462. The van der Waals surface area contributed by atoms with Crippen LogP contribution in [0.1, 0.15) is 11.7 Å². The van der Waals surface area contributed by atoms with Gasteiger partial charge in [0.1, 0.15) is 18.0 Å². The minimum Gasteiger partial charge on any atom is -0.480 e. The molecule has 1 aromatic carbocycles. The molecule has 5 nitrogen and oxygen atoms in total. The summed E-state index contributed by atoms with van der Waals surface area (Å²) in [6.45, 7) is 1.16. The highest BCUT2D eigenvalue weighted by atomic mass is 19.1. The summed E-state index contributed by atoms with van der Waals surface area (Å²) in [7, 11) is 0. The molecule has 2 rings (SSSR count). The van der Waals surface area contributed by atoms with Gasteiger partial charge in [-0.2, -0.15) is 0 Å². The molecule has 1 fully saturated rings. The molecule has 0 spiro atoms. The van der Waals surface area contributed by atoms with Crippen LogP contribution in [0.15, 0.2) is 24.3 Å². The molecule has 0 aliphatic carbocycles. The molecule has 6 heteroatoms. The molecular weight excluding hydrogens is 253 g/mol. The smallest absolute Gasteiger partial charge is 0.317 e. The molecule has 0 saturated carbocycles. The summed E-state index contributed by atoms with van der Waals surface area (Å²) in [6.07, 6.45) is -1.39. The van der Waals surface area contributed by atoms with Crippen molar-refractivity contribution in [2.45, 2.75) is 12.2 Å². The number of morpholine rings is 1. The highest BCUT2D eigenvalue weighted by Crippen LogP contribution is 2.22. The predicted molar refractivity (Wildman–Crippen MR) is 65.2 cm³/mol. The van der Waals surface area contributed by atoms with Crippen molar-refractivity contribution in [1.29, 1.82) is 0 Å². The lowest BCUT2D eigenvalue weighted by molar-refractivity contribution is -0.142. The van der Waals surface area contributed by atoms with E-state index in [-0.39, 0.29) is 12.4 Å². The SMILES string of the molecule is O=C(O)CN1CCOC(C(O)c2ccc(F)cc2)C1. The van der Waals surface area contributed by atoms with Crippen molar-refractivity contribution in [3.63, 3.8) is 0 Å². The van der Waals surface area contributed by atoms with Gasteiger partial charge in [0.05, 0.1) is 13.2 Å². The molecule has 1 aliphatic rings. The Hall–Kier alpha value is -1.50. The average molecular weight is 269 g/mol. The average Bonchev–Trinajstić information content (AvgIpc) is 2.38. The Morgan fingerprint density at radius 1 is 1.47 bits per heavy atom. The first-order valence-electron chi connectivity index (χ1n) is 6.05. The van der Waals surface area contributed by atoms with E-state index in [1.54, 1.807) is 4.90 Å². The zero-order valence-corrected chi connectivity index (χ0v) is 10.3. The summed E-state index contributed by atoms with van der Waals surface area (Å²) in [5.41, 5.74) is 0.559. The Labute approximate surface area is 110 Å². The molecule has 19 heavy (non-hydrogen) atoms. The minimum absolute atomic E-state index is 0.0734. The topological polar surface area (TPSA) is 70.0 Å². The van der Waals surface area contributed by atoms with Gasteiger partial charge in [-0.15, -0.1) is 0 Å². The Balaban J connectivity index is 2.00. The summed E-state index contributed by atoms with van der Waals surface area (Å²) in [6, 6.07) is 5.55. The van der Waals surface area contributed by atoms with E-state index in [1.165, 1.54) is 24.3 Å². The number of aliphatic hydroxyl groups is 1. The molecule has 2 N–H and O–H groups in total. The zero-order chi connectivity index (χ0) is 13.8. The summed E-state index contributed by atoms with van der Waals surface area (Å²) < 4.78 is 18.3. The van der Waals surface area contributed by atoms with E-state index >= 15 is 0 Å². The van der Waals surface area contributed by atoms with Crippen molar-refractivity contribution in [3.8, 4) is 0 Å². The van der Waals surface area contributed by atoms with E-state index in [4.69, 9.17) is 9.84 Å². The van der Waals surface area contributed by atoms with Crippen molar-refractivity contribution in [2.75, 3.05) is 26.2 Å². The van der Waals surface area contributed by atoms with Gasteiger partial charge in [-0.25, -0.2) is 4.39 Å². The lowest BCUT2D eigenvalue weighted by atomic mass is 10.0. The lowest BCUT2D eigenvalue weighted by Gasteiger charge is -2.34. The van der Waals surface area contributed by atoms with Crippen molar-refractivity contribution >= 4 is 5.97 Å². The van der Waals surface area contributed by atoms with Gasteiger partial charge in [0.25, 0.3) is 0 Å². The van der Waals surface area contributed by atoms with Gasteiger partial charge in [-0.05, 0) is 17.7 Å². The Morgan fingerprint density at radius 3 is 2.79 bits per heavy atom. The summed E-state index contributed by atoms with van der Waals surface area (Å²) in [4.78, 5) is 12.4. The molecule has 0 aromatic heterocycles. The molecule has 2 atom stereocenters. The molecule has 1 saturated heterocycles. The molecule has 0 amide bonds. The van der Waals surface area contributed by atoms with Crippen LogP contribution < -0.4 is 0 Å². The molecule has 0 bridgehead atoms. The molecular formula is C13H16FNO4. The second-order valence-corrected chi connectivity index (χ2v) is 4.53. The van der Waals surface area contributed by atoms with Crippen molar-refractivity contribution < 1.29 is 24.1 Å². The Morgan fingerprint density at radius 2 is 2.16 bits per heavy atom. The third-order valence-electron chi connectivity index (χ3n) is 3.10. The fourth-order valence-electron chi connectivity index (χ4n) is 2.13. The molecule has 1 aliphatic heterocycles. The minimum atomic E-state index is -0.906. The summed E-state index contributed by atoms with van der Waals surface area (Å²) >= 11 is 0. The van der Waals surface area contributed by atoms with Gasteiger partial charge >= 0.3 is 5.97 Å². The van der Waals surface area contributed by atoms with E-state index in [0.29, 0.717) is 25.3 Å². The second kappa shape index (κ2) is 6.10. The number of aliphatic hydroxyl groups excluding tert-OH is 1. The third kappa shape index (κ3) is 3.73. The van der Waals surface area contributed by atoms with Gasteiger partial charge in [-0.3, -0.25) is 9.69 Å². The number of benzene rings is 1. The number of hydrogen-bond donors (Lipinski definition) is 2. The van der Waals surface area contributed by atoms with Crippen LogP contribution in [0, 0.1) is 5.82 Å². The zero-order valence-electron chi connectivity index (χ0n) is 10.3. The number of carboxylic acid groups (broad SMARTS) is 1. The number of rotatable bonds is 4. The van der Waals surface area contributed by atoms with Crippen LogP contribution in [-0.4, -0.2) is 53.4 Å². The van der Waals surface area contributed by atoms with Crippen LogP contribution in [-0.2, 0) is 9.53 Å². The van der Waals surface area contributed by atoms with Crippen molar-refractivity contribution in [1.82, 2.24) is 4.90 Å². The normalized spacial score (nSPS) is 22.1. The van der Waals surface area contributed by atoms with E-state index in [1.807, 2.05) is 0 Å².